The molecule has 1 atom stereocenters. The topological polar surface area (TPSA) is 100 Å². The number of carbonyl (C=O) groups excluding carboxylic acids is 2. The van der Waals surface area contributed by atoms with Crippen molar-refractivity contribution in [3.05, 3.63) is 89.4 Å². The molecule has 4 rings (SSSR count). The number of aliphatic hydroxyl groups excluding tert-OH is 1. The molecule has 1 saturated heterocycles. The number of hydrogen-bond acceptors (Lipinski definition) is 6. The first-order valence-electron chi connectivity index (χ1n) is 9.24. The predicted molar refractivity (Wildman–Crippen MR) is 108 cm³/mol. The molecule has 7 heteroatoms. The Kier molecular flexibility index (Phi) is 5.02. The Morgan fingerprint density at radius 3 is 2.60 bits per heavy atom. The minimum absolute atomic E-state index is 0.0200. The molecule has 1 amide bonds. The highest BCUT2D eigenvalue weighted by Crippen LogP contribution is 2.42. The van der Waals surface area contributed by atoms with Gasteiger partial charge in [0.2, 0.25) is 0 Å². The van der Waals surface area contributed by atoms with Crippen LogP contribution in [0.2, 0.25) is 0 Å². The third-order valence-corrected chi connectivity index (χ3v) is 4.99. The number of carbonyl (C=O) groups is 2. The van der Waals surface area contributed by atoms with Gasteiger partial charge in [0.25, 0.3) is 11.7 Å². The maximum absolute atomic E-state index is 13.0. The van der Waals surface area contributed by atoms with E-state index >= 15 is 0 Å². The largest absolute Gasteiger partial charge is 0.508 e. The Bertz CT molecular complexity index is 1130. The first kappa shape index (κ1) is 19.3. The van der Waals surface area contributed by atoms with Gasteiger partial charge in [0.15, 0.2) is 0 Å². The van der Waals surface area contributed by atoms with Crippen LogP contribution in [0.15, 0.2) is 76.9 Å². The van der Waals surface area contributed by atoms with Crippen LogP contribution in [0.1, 0.15) is 22.9 Å². The molecular formula is C23H19NO6. The molecule has 1 fully saturated rings. The minimum Gasteiger partial charge on any atom is -0.508 e. The highest BCUT2D eigenvalue weighted by molar-refractivity contribution is 6.46. The van der Waals surface area contributed by atoms with Crippen molar-refractivity contribution in [2.75, 3.05) is 7.11 Å². The molecule has 0 saturated carbocycles. The number of phenols is 1. The number of amides is 1. The maximum atomic E-state index is 13.0. The molecule has 2 N–H and O–H groups in total. The standard InChI is InChI=1S/C23H19NO6/c1-29-18-10-3-2-9-17(18)21(26)19-20(14-6-4-7-15(25)12-14)24(23(28)22(19)27)13-16-8-5-11-30-16/h2-12,20,25-26H,13H2,1H3/b21-19-. The molecule has 1 aliphatic rings. The zero-order chi connectivity index (χ0) is 21.3. The van der Waals surface area contributed by atoms with Gasteiger partial charge in [-0.3, -0.25) is 9.59 Å². The van der Waals surface area contributed by atoms with E-state index in [1.165, 1.54) is 30.4 Å². The van der Waals surface area contributed by atoms with Crippen LogP contribution in [0.5, 0.6) is 11.5 Å². The van der Waals surface area contributed by atoms with Gasteiger partial charge in [-0.15, -0.1) is 0 Å². The summed E-state index contributed by atoms with van der Waals surface area (Å²) < 4.78 is 10.7. The zero-order valence-electron chi connectivity index (χ0n) is 16.1. The molecule has 1 aromatic heterocycles. The Labute approximate surface area is 172 Å². The van der Waals surface area contributed by atoms with Crippen LogP contribution < -0.4 is 4.74 Å². The molecule has 0 radical (unpaired) electrons. The van der Waals surface area contributed by atoms with Crippen LogP contribution in [-0.4, -0.2) is 33.9 Å². The summed E-state index contributed by atoms with van der Waals surface area (Å²) in [6.07, 6.45) is 1.48. The zero-order valence-corrected chi connectivity index (χ0v) is 16.1. The second kappa shape index (κ2) is 7.79. The Balaban J connectivity index is 1.91. The van der Waals surface area contributed by atoms with Gasteiger partial charge in [-0.2, -0.15) is 0 Å². The van der Waals surface area contributed by atoms with E-state index in [0.29, 0.717) is 22.6 Å². The first-order valence-corrected chi connectivity index (χ1v) is 9.24. The lowest BCUT2D eigenvalue weighted by molar-refractivity contribution is -0.140. The number of furan rings is 1. The average molecular weight is 405 g/mol. The minimum atomic E-state index is -0.910. The lowest BCUT2D eigenvalue weighted by Crippen LogP contribution is -2.29. The van der Waals surface area contributed by atoms with Crippen LogP contribution in [0.3, 0.4) is 0 Å². The fourth-order valence-corrected chi connectivity index (χ4v) is 3.64. The monoisotopic (exact) mass is 405 g/mol. The molecule has 0 spiro atoms. The van der Waals surface area contributed by atoms with Gasteiger partial charge in [-0.05, 0) is 42.0 Å². The Morgan fingerprint density at radius 1 is 1.10 bits per heavy atom. The van der Waals surface area contributed by atoms with Crippen LogP contribution in [0, 0.1) is 0 Å². The van der Waals surface area contributed by atoms with E-state index in [4.69, 9.17) is 9.15 Å². The van der Waals surface area contributed by atoms with E-state index in [0.717, 1.165) is 0 Å². The van der Waals surface area contributed by atoms with Crippen LogP contribution in [0.25, 0.3) is 5.76 Å². The van der Waals surface area contributed by atoms with Gasteiger partial charge >= 0.3 is 0 Å². The summed E-state index contributed by atoms with van der Waals surface area (Å²) in [5, 5.41) is 21.0. The fraction of sp³-hybridized carbons (Fsp3) is 0.130. The SMILES string of the molecule is COc1ccccc1/C(O)=C1/C(=O)C(=O)N(Cc2ccco2)C1c1cccc(O)c1. The van der Waals surface area contributed by atoms with E-state index in [1.807, 2.05) is 0 Å². The maximum Gasteiger partial charge on any atom is 0.296 e. The quantitative estimate of drug-likeness (QED) is 0.382. The molecule has 2 aromatic carbocycles. The number of Topliss-reactive ketones (excluding diaryl/α,β-unsaturated/α-hetero) is 1. The number of ketones is 1. The number of rotatable bonds is 5. The van der Waals surface area contributed by atoms with Crippen molar-refractivity contribution in [3.8, 4) is 11.5 Å². The number of aliphatic hydroxyl groups is 1. The molecule has 3 aromatic rings. The van der Waals surface area contributed by atoms with E-state index in [1.54, 1.807) is 48.5 Å². The molecule has 152 valence electrons. The molecule has 0 aliphatic carbocycles. The molecule has 1 unspecified atom stereocenters. The lowest BCUT2D eigenvalue weighted by Gasteiger charge is -2.24. The number of para-hydroxylation sites is 1. The highest BCUT2D eigenvalue weighted by Gasteiger charge is 2.46. The molecule has 2 heterocycles. The first-order chi connectivity index (χ1) is 14.5. The van der Waals surface area contributed by atoms with Crippen molar-refractivity contribution in [2.24, 2.45) is 0 Å². The van der Waals surface area contributed by atoms with Gasteiger partial charge in [-0.25, -0.2) is 0 Å². The van der Waals surface area contributed by atoms with Crippen molar-refractivity contribution in [1.29, 1.82) is 0 Å². The van der Waals surface area contributed by atoms with Crippen molar-refractivity contribution < 1.29 is 29.0 Å². The van der Waals surface area contributed by atoms with Gasteiger partial charge in [0.05, 0.1) is 37.1 Å². The van der Waals surface area contributed by atoms with E-state index in [9.17, 15) is 19.8 Å². The van der Waals surface area contributed by atoms with Crippen molar-refractivity contribution in [1.82, 2.24) is 4.90 Å². The summed E-state index contributed by atoms with van der Waals surface area (Å²) in [7, 11) is 1.45. The van der Waals surface area contributed by atoms with E-state index in [2.05, 4.69) is 0 Å². The third-order valence-electron chi connectivity index (χ3n) is 4.99. The third kappa shape index (κ3) is 3.30. The number of phenolic OH excluding ortho intramolecular Hbond substituents is 1. The average Bonchev–Trinajstić information content (AvgIpc) is 3.35. The lowest BCUT2D eigenvalue weighted by atomic mass is 9.95. The van der Waals surface area contributed by atoms with Gasteiger partial charge in [0.1, 0.15) is 23.0 Å². The van der Waals surface area contributed by atoms with Gasteiger partial charge < -0.3 is 24.3 Å². The summed E-state index contributed by atoms with van der Waals surface area (Å²) in [6, 6.07) is 15.4. The van der Waals surface area contributed by atoms with Crippen LogP contribution in [0.4, 0.5) is 0 Å². The number of ether oxygens (including phenoxy) is 1. The number of likely N-dealkylation sites (tertiary alicyclic amines) is 1. The van der Waals surface area contributed by atoms with Crippen molar-refractivity contribution >= 4 is 17.4 Å². The number of aromatic hydroxyl groups is 1. The Hall–Kier alpha value is -4.00. The second-order valence-electron chi connectivity index (χ2n) is 6.80. The van der Waals surface area contributed by atoms with E-state index < -0.39 is 17.7 Å². The number of benzene rings is 2. The molecule has 30 heavy (non-hydrogen) atoms. The molecule has 0 bridgehead atoms. The van der Waals surface area contributed by atoms with Crippen molar-refractivity contribution in [2.45, 2.75) is 12.6 Å². The van der Waals surface area contributed by atoms with Gasteiger partial charge in [0, 0.05) is 0 Å². The fourth-order valence-electron chi connectivity index (χ4n) is 3.64. The van der Waals surface area contributed by atoms with Gasteiger partial charge in [-0.1, -0.05) is 24.3 Å². The van der Waals surface area contributed by atoms with Crippen LogP contribution >= 0.6 is 0 Å². The predicted octanol–water partition coefficient (Wildman–Crippen LogP) is 3.62. The molecule has 7 nitrogen and oxygen atoms in total. The summed E-state index contributed by atoms with van der Waals surface area (Å²) in [4.78, 5) is 27.2. The number of methoxy groups -OCH3 is 1. The number of nitrogens with zero attached hydrogens (tertiary/aromatic N) is 1. The summed E-state index contributed by atoms with van der Waals surface area (Å²) in [5.41, 5.74) is 0.694. The summed E-state index contributed by atoms with van der Waals surface area (Å²) in [6.45, 7) is 0.0284. The molecular weight excluding hydrogens is 386 g/mol. The smallest absolute Gasteiger partial charge is 0.296 e. The van der Waals surface area contributed by atoms with Crippen LogP contribution in [-0.2, 0) is 16.1 Å². The highest BCUT2D eigenvalue weighted by atomic mass is 16.5. The Morgan fingerprint density at radius 2 is 1.90 bits per heavy atom. The summed E-state index contributed by atoms with van der Waals surface area (Å²) in [5.74, 6) is -1.11. The van der Waals surface area contributed by atoms with Crippen molar-refractivity contribution in [3.63, 3.8) is 0 Å². The van der Waals surface area contributed by atoms with E-state index in [-0.39, 0.29) is 23.6 Å². The normalized spacial score (nSPS) is 18.0. The number of hydrogen-bond donors (Lipinski definition) is 2. The molecule has 1 aliphatic heterocycles. The second-order valence-corrected chi connectivity index (χ2v) is 6.80. The summed E-state index contributed by atoms with van der Waals surface area (Å²) >= 11 is 0.